The molecule has 1 rings (SSSR count). The highest BCUT2D eigenvalue weighted by molar-refractivity contribution is 5.61. The van der Waals surface area contributed by atoms with E-state index in [0.29, 0.717) is 0 Å². The van der Waals surface area contributed by atoms with Gasteiger partial charge in [-0.2, -0.15) is 0 Å². The van der Waals surface area contributed by atoms with Crippen molar-refractivity contribution in [3.05, 3.63) is 0 Å². The first kappa shape index (κ1) is 9.31. The number of nitrogens with zero attached hydrogens (tertiary/aromatic N) is 1. The van der Waals surface area contributed by atoms with Gasteiger partial charge in [0.25, 0.3) is 0 Å². The minimum absolute atomic E-state index is 0.0812. The largest absolute Gasteiger partial charge is 0.522 e. The fourth-order valence-electron chi connectivity index (χ4n) is 1.11. The molecule has 1 aliphatic rings. The first-order chi connectivity index (χ1) is 5.51. The third-order valence-electron chi connectivity index (χ3n) is 1.71. The summed E-state index contributed by atoms with van der Waals surface area (Å²) in [5, 5.41) is 10.8. The Balaban J connectivity index is 2.18. The van der Waals surface area contributed by atoms with Crippen molar-refractivity contribution in [3.63, 3.8) is 0 Å². The number of hydrogen-bond acceptors (Lipinski definition) is 3. The van der Waals surface area contributed by atoms with E-state index in [1.807, 2.05) is 0 Å². The van der Waals surface area contributed by atoms with Gasteiger partial charge in [0.05, 0.1) is 6.10 Å². The van der Waals surface area contributed by atoms with Crippen LogP contribution in [0.1, 0.15) is 12.8 Å². The molecule has 0 bridgehead atoms. The van der Waals surface area contributed by atoms with Gasteiger partial charge in [-0.25, -0.2) is 0 Å². The summed E-state index contributed by atoms with van der Waals surface area (Å²) in [4.78, 5) is 0. The van der Waals surface area contributed by atoms with Crippen LogP contribution < -0.4 is 0 Å². The second-order valence-corrected chi connectivity index (χ2v) is 2.68. The summed E-state index contributed by atoms with van der Waals surface area (Å²) < 4.78 is 38.3. The molecular weight excluding hydrogens is 175 g/mol. The molecule has 0 amide bonds. The molecule has 3 nitrogen and oxygen atoms in total. The van der Waals surface area contributed by atoms with Crippen molar-refractivity contribution in [2.45, 2.75) is 25.3 Å². The lowest BCUT2D eigenvalue weighted by molar-refractivity contribution is -0.352. The van der Waals surface area contributed by atoms with Crippen LogP contribution in [0.15, 0.2) is 5.16 Å². The topological polar surface area (TPSA) is 41.8 Å². The predicted octanol–water partition coefficient (Wildman–Crippen LogP) is 1.76. The highest BCUT2D eigenvalue weighted by atomic mass is 19.4. The van der Waals surface area contributed by atoms with Gasteiger partial charge in [0.1, 0.15) is 0 Å². The van der Waals surface area contributed by atoms with Gasteiger partial charge in [0.15, 0.2) is 0 Å². The van der Waals surface area contributed by atoms with Crippen molar-refractivity contribution in [1.29, 1.82) is 0 Å². The molecule has 1 N–H and O–H groups in total. The number of hydrogen-bond donors (Lipinski definition) is 1. The Labute approximate surface area is 66.8 Å². The summed E-state index contributed by atoms with van der Waals surface area (Å²) in [5.41, 5.74) is 0. The van der Waals surface area contributed by atoms with Gasteiger partial charge in [-0.3, -0.25) is 4.74 Å². The standard InChI is InChI=1S/C6H8F3NO2/c7-6(8,9)12-5-1-4(2-5)3-10-11/h3-5,11H,1-2H2/b10-3+. The molecule has 0 atom stereocenters. The van der Waals surface area contributed by atoms with Crippen LogP contribution in [0.3, 0.4) is 0 Å². The van der Waals surface area contributed by atoms with E-state index < -0.39 is 12.5 Å². The highest BCUT2D eigenvalue weighted by Gasteiger charge is 2.39. The summed E-state index contributed by atoms with van der Waals surface area (Å²) in [6.45, 7) is 0. The Bertz CT molecular complexity index is 174. The van der Waals surface area contributed by atoms with E-state index in [-0.39, 0.29) is 18.8 Å². The van der Waals surface area contributed by atoms with Gasteiger partial charge in [-0.15, -0.1) is 18.3 Å². The first-order valence-electron chi connectivity index (χ1n) is 3.43. The maximum Gasteiger partial charge on any atom is 0.522 e. The third-order valence-corrected chi connectivity index (χ3v) is 1.71. The molecule has 0 radical (unpaired) electrons. The molecule has 0 heterocycles. The molecule has 0 saturated heterocycles. The summed E-state index contributed by atoms with van der Waals surface area (Å²) >= 11 is 0. The molecular formula is C6H8F3NO2. The maximum absolute atomic E-state index is 11.5. The Kier molecular flexibility index (Phi) is 2.56. The lowest BCUT2D eigenvalue weighted by Crippen LogP contribution is -2.36. The minimum Gasteiger partial charge on any atom is -0.411 e. The fourth-order valence-corrected chi connectivity index (χ4v) is 1.11. The van der Waals surface area contributed by atoms with Crippen LogP contribution in [0.25, 0.3) is 0 Å². The second kappa shape index (κ2) is 3.30. The Morgan fingerprint density at radius 1 is 1.42 bits per heavy atom. The van der Waals surface area contributed by atoms with Crippen LogP contribution in [0.2, 0.25) is 0 Å². The summed E-state index contributed by atoms with van der Waals surface area (Å²) in [5.74, 6) is -0.0812. The van der Waals surface area contributed by atoms with Gasteiger partial charge in [-0.1, -0.05) is 0 Å². The van der Waals surface area contributed by atoms with Gasteiger partial charge < -0.3 is 5.21 Å². The van der Waals surface area contributed by atoms with Crippen LogP contribution in [0.5, 0.6) is 0 Å². The first-order valence-corrected chi connectivity index (χ1v) is 3.43. The number of rotatable bonds is 2. The lowest BCUT2D eigenvalue weighted by Gasteiger charge is -2.32. The van der Waals surface area contributed by atoms with E-state index in [1.165, 1.54) is 6.21 Å². The molecule has 0 unspecified atom stereocenters. The molecule has 0 aromatic heterocycles. The summed E-state index contributed by atoms with van der Waals surface area (Å²) in [7, 11) is 0. The Hall–Kier alpha value is -0.780. The molecule has 70 valence electrons. The van der Waals surface area contributed by atoms with Crippen molar-refractivity contribution in [2.75, 3.05) is 0 Å². The van der Waals surface area contributed by atoms with Gasteiger partial charge in [0.2, 0.25) is 0 Å². The number of alkyl halides is 3. The zero-order valence-electron chi connectivity index (χ0n) is 6.08. The smallest absolute Gasteiger partial charge is 0.411 e. The highest BCUT2D eigenvalue weighted by Crippen LogP contribution is 2.33. The quantitative estimate of drug-likeness (QED) is 0.402. The van der Waals surface area contributed by atoms with Crippen LogP contribution in [0, 0.1) is 5.92 Å². The van der Waals surface area contributed by atoms with Crippen molar-refractivity contribution < 1.29 is 23.1 Å². The summed E-state index contributed by atoms with van der Waals surface area (Å²) in [6.07, 6.45) is -3.57. The second-order valence-electron chi connectivity index (χ2n) is 2.68. The van der Waals surface area contributed by atoms with E-state index in [1.54, 1.807) is 0 Å². The van der Waals surface area contributed by atoms with Crippen LogP contribution in [-0.4, -0.2) is 23.9 Å². The van der Waals surface area contributed by atoms with Gasteiger partial charge in [0, 0.05) is 12.1 Å². The van der Waals surface area contributed by atoms with Gasteiger partial charge in [-0.05, 0) is 12.8 Å². The third kappa shape index (κ3) is 2.69. The monoisotopic (exact) mass is 183 g/mol. The van der Waals surface area contributed by atoms with E-state index in [2.05, 4.69) is 9.89 Å². The van der Waals surface area contributed by atoms with Crippen molar-refractivity contribution in [1.82, 2.24) is 0 Å². The fraction of sp³-hybridized carbons (Fsp3) is 0.833. The number of oxime groups is 1. The SMILES string of the molecule is O/N=C/C1CC(OC(F)(F)F)C1. The number of halogens is 3. The van der Waals surface area contributed by atoms with Crippen molar-refractivity contribution >= 4 is 6.21 Å². The van der Waals surface area contributed by atoms with Gasteiger partial charge >= 0.3 is 6.36 Å². The Morgan fingerprint density at radius 2 is 2.00 bits per heavy atom. The average molecular weight is 183 g/mol. The molecule has 0 aliphatic heterocycles. The molecule has 1 fully saturated rings. The number of ether oxygens (including phenoxy) is 1. The molecule has 0 spiro atoms. The predicted molar refractivity (Wildman–Crippen MR) is 33.9 cm³/mol. The van der Waals surface area contributed by atoms with E-state index in [9.17, 15) is 13.2 Å². The molecule has 1 saturated carbocycles. The summed E-state index contributed by atoms with van der Waals surface area (Å²) in [6, 6.07) is 0. The molecule has 0 aromatic rings. The molecule has 1 aliphatic carbocycles. The van der Waals surface area contributed by atoms with E-state index in [0.717, 1.165) is 0 Å². The van der Waals surface area contributed by atoms with Crippen LogP contribution in [0.4, 0.5) is 13.2 Å². The molecule has 12 heavy (non-hydrogen) atoms. The zero-order chi connectivity index (χ0) is 9.19. The van der Waals surface area contributed by atoms with E-state index in [4.69, 9.17) is 5.21 Å². The van der Waals surface area contributed by atoms with Crippen molar-refractivity contribution in [2.24, 2.45) is 11.1 Å². The van der Waals surface area contributed by atoms with Crippen LogP contribution >= 0.6 is 0 Å². The van der Waals surface area contributed by atoms with Crippen LogP contribution in [-0.2, 0) is 4.74 Å². The molecule has 0 aromatic carbocycles. The lowest BCUT2D eigenvalue weighted by atomic mass is 9.83. The molecule has 6 heteroatoms. The average Bonchev–Trinajstić information content (AvgIpc) is 1.80. The van der Waals surface area contributed by atoms with E-state index >= 15 is 0 Å². The zero-order valence-corrected chi connectivity index (χ0v) is 6.08. The normalized spacial score (nSPS) is 30.6. The Morgan fingerprint density at radius 3 is 2.42 bits per heavy atom. The minimum atomic E-state index is -4.55. The maximum atomic E-state index is 11.5. The van der Waals surface area contributed by atoms with Crippen molar-refractivity contribution in [3.8, 4) is 0 Å².